The van der Waals surface area contributed by atoms with Crippen LogP contribution in [0.2, 0.25) is 0 Å². The van der Waals surface area contributed by atoms with Gasteiger partial charge in [-0.15, -0.1) is 0 Å². The Morgan fingerprint density at radius 3 is 1.95 bits per heavy atom. The maximum Gasteiger partial charge on any atom is 0.338 e. The fourth-order valence-electron chi connectivity index (χ4n) is 1.63. The van der Waals surface area contributed by atoms with Crippen LogP contribution in [0.15, 0.2) is 24.3 Å². The van der Waals surface area contributed by atoms with E-state index in [1.807, 2.05) is 0 Å². The number of methoxy groups -OCH3 is 2. The van der Waals surface area contributed by atoms with Crippen LogP contribution in [0.4, 0.5) is 0 Å². The number of esters is 2. The molecule has 0 spiro atoms. The van der Waals surface area contributed by atoms with E-state index in [1.165, 1.54) is 7.11 Å². The molecule has 0 aliphatic rings. The number of ether oxygens (including phenoxy) is 3. The van der Waals surface area contributed by atoms with Crippen molar-refractivity contribution in [3.8, 4) is 0 Å². The molecule has 0 heterocycles. The first-order chi connectivity index (χ1) is 9.69. The van der Waals surface area contributed by atoms with E-state index in [4.69, 9.17) is 9.47 Å². The minimum Gasteiger partial charge on any atom is -0.465 e. The number of hydrogen-bond acceptors (Lipinski definition) is 5. The Labute approximate surface area is 118 Å². The third-order valence-electron chi connectivity index (χ3n) is 2.77. The summed E-state index contributed by atoms with van der Waals surface area (Å²) in [6.07, 6.45) is 2.74. The number of carbonyl (C=O) groups is 2. The van der Waals surface area contributed by atoms with Crippen LogP contribution in [-0.4, -0.2) is 39.4 Å². The van der Waals surface area contributed by atoms with Crippen LogP contribution in [0.1, 0.15) is 40.0 Å². The first kappa shape index (κ1) is 16.2. The molecule has 110 valence electrons. The van der Waals surface area contributed by atoms with Gasteiger partial charge in [0.05, 0.1) is 24.8 Å². The van der Waals surface area contributed by atoms with E-state index in [2.05, 4.69) is 4.74 Å². The Kier molecular flexibility index (Phi) is 7.35. The summed E-state index contributed by atoms with van der Waals surface area (Å²) < 4.78 is 14.7. The second-order valence-electron chi connectivity index (χ2n) is 4.26. The first-order valence-corrected chi connectivity index (χ1v) is 6.53. The zero-order chi connectivity index (χ0) is 14.8. The fourth-order valence-corrected chi connectivity index (χ4v) is 1.63. The van der Waals surface area contributed by atoms with Crippen molar-refractivity contribution in [1.29, 1.82) is 0 Å². The lowest BCUT2D eigenvalue weighted by molar-refractivity contribution is 0.0494. The van der Waals surface area contributed by atoms with Crippen molar-refractivity contribution >= 4 is 11.9 Å². The summed E-state index contributed by atoms with van der Waals surface area (Å²) in [5.41, 5.74) is 0.832. The Hall–Kier alpha value is -1.88. The lowest BCUT2D eigenvalue weighted by Crippen LogP contribution is -2.08. The molecule has 0 amide bonds. The van der Waals surface area contributed by atoms with Crippen LogP contribution in [-0.2, 0) is 14.2 Å². The van der Waals surface area contributed by atoms with Gasteiger partial charge in [0.2, 0.25) is 0 Å². The highest BCUT2D eigenvalue weighted by Crippen LogP contribution is 2.08. The van der Waals surface area contributed by atoms with E-state index in [9.17, 15) is 9.59 Å². The molecule has 0 fully saturated rings. The lowest BCUT2D eigenvalue weighted by Gasteiger charge is -2.05. The third kappa shape index (κ3) is 5.40. The summed E-state index contributed by atoms with van der Waals surface area (Å²) in [5.74, 6) is -0.809. The van der Waals surface area contributed by atoms with Crippen LogP contribution in [0.5, 0.6) is 0 Å². The molecule has 0 saturated heterocycles. The second kappa shape index (κ2) is 9.09. The SMILES string of the molecule is COCCCCCOC(=O)c1ccc(C(=O)OC)cc1. The van der Waals surface area contributed by atoms with E-state index in [0.717, 1.165) is 25.9 Å². The zero-order valence-corrected chi connectivity index (χ0v) is 11.9. The predicted octanol–water partition coefficient (Wildman–Crippen LogP) is 2.45. The third-order valence-corrected chi connectivity index (χ3v) is 2.77. The highest BCUT2D eigenvalue weighted by atomic mass is 16.5. The lowest BCUT2D eigenvalue weighted by atomic mass is 10.1. The molecule has 20 heavy (non-hydrogen) atoms. The van der Waals surface area contributed by atoms with E-state index in [1.54, 1.807) is 31.4 Å². The Morgan fingerprint density at radius 1 is 0.850 bits per heavy atom. The molecule has 5 heteroatoms. The van der Waals surface area contributed by atoms with Crippen molar-refractivity contribution in [2.24, 2.45) is 0 Å². The van der Waals surface area contributed by atoms with Gasteiger partial charge in [-0.2, -0.15) is 0 Å². The normalized spacial score (nSPS) is 10.1. The van der Waals surface area contributed by atoms with Gasteiger partial charge < -0.3 is 14.2 Å². The molecule has 0 bridgehead atoms. The van der Waals surface area contributed by atoms with Crippen molar-refractivity contribution in [3.05, 3.63) is 35.4 Å². The van der Waals surface area contributed by atoms with Gasteiger partial charge in [0.15, 0.2) is 0 Å². The van der Waals surface area contributed by atoms with Crippen molar-refractivity contribution in [3.63, 3.8) is 0 Å². The van der Waals surface area contributed by atoms with E-state index < -0.39 is 5.97 Å². The standard InChI is InChI=1S/C15H20O5/c1-18-10-4-3-5-11-20-15(17)13-8-6-12(7-9-13)14(16)19-2/h6-9H,3-5,10-11H2,1-2H3. The minimum absolute atomic E-state index is 0.381. The quantitative estimate of drug-likeness (QED) is 0.540. The largest absolute Gasteiger partial charge is 0.465 e. The van der Waals surface area contributed by atoms with Crippen molar-refractivity contribution in [2.75, 3.05) is 27.4 Å². The molecule has 0 N–H and O–H groups in total. The molecule has 0 aliphatic carbocycles. The van der Waals surface area contributed by atoms with Gasteiger partial charge in [-0.25, -0.2) is 9.59 Å². The van der Waals surface area contributed by atoms with Gasteiger partial charge in [0, 0.05) is 13.7 Å². The fraction of sp³-hybridized carbons (Fsp3) is 0.467. The Morgan fingerprint density at radius 2 is 1.40 bits per heavy atom. The van der Waals surface area contributed by atoms with E-state index in [0.29, 0.717) is 17.7 Å². The van der Waals surface area contributed by atoms with Crippen LogP contribution in [0.25, 0.3) is 0 Å². The average molecular weight is 280 g/mol. The molecule has 0 radical (unpaired) electrons. The molecule has 1 aromatic carbocycles. The summed E-state index contributed by atoms with van der Waals surface area (Å²) in [4.78, 5) is 23.0. The molecule has 0 saturated carbocycles. The molecule has 0 aromatic heterocycles. The Bertz CT molecular complexity index is 424. The van der Waals surface area contributed by atoms with Crippen LogP contribution in [0, 0.1) is 0 Å². The summed E-state index contributed by atoms with van der Waals surface area (Å²) in [7, 11) is 2.98. The number of hydrogen-bond donors (Lipinski definition) is 0. The van der Waals surface area contributed by atoms with Gasteiger partial charge in [0.25, 0.3) is 0 Å². The van der Waals surface area contributed by atoms with Gasteiger partial charge in [0.1, 0.15) is 0 Å². The molecule has 1 aromatic rings. The average Bonchev–Trinajstić information content (AvgIpc) is 2.50. The predicted molar refractivity (Wildman–Crippen MR) is 73.8 cm³/mol. The molecule has 0 atom stereocenters. The second-order valence-corrected chi connectivity index (χ2v) is 4.26. The van der Waals surface area contributed by atoms with Crippen LogP contribution >= 0.6 is 0 Å². The topological polar surface area (TPSA) is 61.8 Å². The molecular formula is C15H20O5. The first-order valence-electron chi connectivity index (χ1n) is 6.53. The van der Waals surface area contributed by atoms with Crippen LogP contribution in [0.3, 0.4) is 0 Å². The van der Waals surface area contributed by atoms with E-state index >= 15 is 0 Å². The maximum atomic E-state index is 11.7. The number of benzene rings is 1. The minimum atomic E-state index is -0.428. The van der Waals surface area contributed by atoms with Crippen molar-refractivity contribution in [2.45, 2.75) is 19.3 Å². The van der Waals surface area contributed by atoms with E-state index in [-0.39, 0.29) is 5.97 Å². The molecular weight excluding hydrogens is 260 g/mol. The summed E-state index contributed by atoms with van der Waals surface area (Å²) in [6.45, 7) is 1.12. The summed E-state index contributed by atoms with van der Waals surface area (Å²) in [6, 6.07) is 6.20. The highest BCUT2D eigenvalue weighted by molar-refractivity contribution is 5.93. The van der Waals surface area contributed by atoms with Crippen LogP contribution < -0.4 is 0 Å². The highest BCUT2D eigenvalue weighted by Gasteiger charge is 2.09. The van der Waals surface area contributed by atoms with Gasteiger partial charge in [-0.05, 0) is 43.5 Å². The number of rotatable bonds is 8. The summed E-state index contributed by atoms with van der Waals surface area (Å²) >= 11 is 0. The number of unbranched alkanes of at least 4 members (excludes halogenated alkanes) is 2. The van der Waals surface area contributed by atoms with Gasteiger partial charge in [-0.1, -0.05) is 0 Å². The molecule has 0 aliphatic heterocycles. The molecule has 0 unspecified atom stereocenters. The van der Waals surface area contributed by atoms with Crippen molar-refractivity contribution < 1.29 is 23.8 Å². The Balaban J connectivity index is 2.34. The van der Waals surface area contributed by atoms with Crippen molar-refractivity contribution in [1.82, 2.24) is 0 Å². The maximum absolute atomic E-state index is 11.7. The van der Waals surface area contributed by atoms with Gasteiger partial charge >= 0.3 is 11.9 Å². The monoisotopic (exact) mass is 280 g/mol. The number of carbonyl (C=O) groups excluding carboxylic acids is 2. The van der Waals surface area contributed by atoms with Gasteiger partial charge in [-0.3, -0.25) is 0 Å². The molecule has 5 nitrogen and oxygen atoms in total. The summed E-state index contributed by atoms with van der Waals surface area (Å²) in [5, 5.41) is 0. The smallest absolute Gasteiger partial charge is 0.338 e. The zero-order valence-electron chi connectivity index (χ0n) is 11.9. The molecule has 1 rings (SSSR count).